The van der Waals surface area contributed by atoms with Gasteiger partial charge in [-0.25, -0.2) is 0 Å². The number of amides is 1. The standard InChI is InChI=1S/C21H19ClF6N2O3S/c1-2-4-15-19(18(22)32,33-12-9-16(34-11-12)21(26,27)28)6-3-8-30(15)17(31)13-10-29-7-5-14(13)20(23,24)25/h5,7,9-11,15H,2-4,6,8H2,1H3. The smallest absolute Gasteiger partial charge is 0.425 e. The Bertz CT molecular complexity index is 1060. The van der Waals surface area contributed by atoms with Crippen molar-refractivity contribution < 1.29 is 40.7 Å². The van der Waals surface area contributed by atoms with Crippen molar-refractivity contribution in [1.29, 1.82) is 0 Å². The maximum atomic E-state index is 13.5. The highest BCUT2D eigenvalue weighted by Gasteiger charge is 2.53. The molecule has 0 spiro atoms. The average Bonchev–Trinajstić information content (AvgIpc) is 3.23. The van der Waals surface area contributed by atoms with Crippen molar-refractivity contribution in [2.45, 2.75) is 56.6 Å². The predicted molar refractivity (Wildman–Crippen MR) is 112 cm³/mol. The van der Waals surface area contributed by atoms with Gasteiger partial charge < -0.3 is 9.64 Å². The molecule has 0 bridgehead atoms. The Hall–Kier alpha value is -2.34. The molecule has 13 heteroatoms. The zero-order chi connectivity index (χ0) is 25.3. The Balaban J connectivity index is 2.04. The van der Waals surface area contributed by atoms with E-state index < -0.39 is 51.1 Å². The molecule has 1 aliphatic heterocycles. The molecular weight excluding hydrogens is 510 g/mol. The highest BCUT2D eigenvalue weighted by molar-refractivity contribution is 7.10. The van der Waals surface area contributed by atoms with Crippen LogP contribution in [-0.2, 0) is 17.1 Å². The summed E-state index contributed by atoms with van der Waals surface area (Å²) in [6.07, 6.45) is -7.16. The number of pyridine rings is 1. The molecule has 34 heavy (non-hydrogen) atoms. The molecule has 5 nitrogen and oxygen atoms in total. The second kappa shape index (κ2) is 9.73. The van der Waals surface area contributed by atoms with Crippen LogP contribution in [0, 0.1) is 0 Å². The number of rotatable bonds is 6. The molecule has 1 amide bonds. The maximum Gasteiger partial charge on any atom is 0.425 e. The summed E-state index contributed by atoms with van der Waals surface area (Å²) >= 11 is 6.26. The Morgan fingerprint density at radius 2 is 1.97 bits per heavy atom. The van der Waals surface area contributed by atoms with Gasteiger partial charge in [-0.05, 0) is 36.9 Å². The van der Waals surface area contributed by atoms with E-state index in [4.69, 9.17) is 16.3 Å². The lowest BCUT2D eigenvalue weighted by atomic mass is 9.82. The number of piperidine rings is 1. The van der Waals surface area contributed by atoms with Crippen LogP contribution in [0.3, 0.4) is 0 Å². The number of halogens is 7. The first kappa shape index (κ1) is 26.3. The third-order valence-corrected chi connectivity index (χ3v) is 6.80. The van der Waals surface area contributed by atoms with Crippen LogP contribution < -0.4 is 4.74 Å². The van der Waals surface area contributed by atoms with Gasteiger partial charge in [-0.2, -0.15) is 26.3 Å². The molecule has 1 aliphatic rings. The number of alkyl halides is 6. The van der Waals surface area contributed by atoms with Crippen molar-refractivity contribution >= 4 is 34.1 Å². The molecule has 1 fully saturated rings. The second-order valence-corrected chi connectivity index (χ2v) is 8.99. The lowest BCUT2D eigenvalue weighted by Crippen LogP contribution is -2.64. The van der Waals surface area contributed by atoms with Crippen molar-refractivity contribution in [3.8, 4) is 5.75 Å². The van der Waals surface area contributed by atoms with E-state index >= 15 is 0 Å². The molecule has 0 aromatic carbocycles. The van der Waals surface area contributed by atoms with E-state index in [9.17, 15) is 35.9 Å². The summed E-state index contributed by atoms with van der Waals surface area (Å²) in [5, 5.41) is 0.0160. The zero-order valence-electron chi connectivity index (χ0n) is 17.7. The third-order valence-electron chi connectivity index (χ3n) is 5.53. The number of carbonyl (C=O) groups is 2. The summed E-state index contributed by atoms with van der Waals surface area (Å²) in [6.45, 7) is 1.72. The summed E-state index contributed by atoms with van der Waals surface area (Å²) < 4.78 is 85.3. The van der Waals surface area contributed by atoms with Crippen LogP contribution in [0.1, 0.15) is 53.4 Å². The molecule has 3 rings (SSSR count). The van der Waals surface area contributed by atoms with Crippen molar-refractivity contribution in [2.75, 3.05) is 6.54 Å². The number of carbonyl (C=O) groups excluding carboxylic acids is 2. The predicted octanol–water partition coefficient (Wildman–Crippen LogP) is 6.17. The fraction of sp³-hybridized carbons (Fsp3) is 0.476. The van der Waals surface area contributed by atoms with E-state index in [1.807, 2.05) is 0 Å². The minimum absolute atomic E-state index is 0.00239. The van der Waals surface area contributed by atoms with E-state index in [-0.39, 0.29) is 31.6 Å². The van der Waals surface area contributed by atoms with Gasteiger partial charge >= 0.3 is 12.4 Å². The Morgan fingerprint density at radius 3 is 2.53 bits per heavy atom. The van der Waals surface area contributed by atoms with Crippen LogP contribution in [0.5, 0.6) is 5.75 Å². The van der Waals surface area contributed by atoms with Gasteiger partial charge in [0.2, 0.25) is 5.60 Å². The first-order chi connectivity index (χ1) is 15.8. The first-order valence-electron chi connectivity index (χ1n) is 10.2. The summed E-state index contributed by atoms with van der Waals surface area (Å²) in [7, 11) is 0. The summed E-state index contributed by atoms with van der Waals surface area (Å²) in [5.74, 6) is -1.29. The largest absolute Gasteiger partial charge is 0.475 e. The number of aromatic nitrogens is 1. The van der Waals surface area contributed by atoms with Crippen LogP contribution in [0.2, 0.25) is 0 Å². The third kappa shape index (κ3) is 5.17. The number of nitrogens with zero attached hydrogens (tertiary/aromatic N) is 2. The van der Waals surface area contributed by atoms with Gasteiger partial charge in [0.15, 0.2) is 0 Å². The lowest BCUT2D eigenvalue weighted by Gasteiger charge is -2.47. The van der Waals surface area contributed by atoms with Gasteiger partial charge in [0.05, 0.1) is 17.2 Å². The Labute approximate surface area is 199 Å². The number of likely N-dealkylation sites (tertiary alicyclic amines) is 1. The van der Waals surface area contributed by atoms with Crippen LogP contribution in [0.4, 0.5) is 26.3 Å². The molecule has 2 aromatic rings. The second-order valence-electron chi connectivity index (χ2n) is 7.74. The molecule has 0 saturated carbocycles. The monoisotopic (exact) mass is 528 g/mol. The van der Waals surface area contributed by atoms with Gasteiger partial charge in [-0.15, -0.1) is 11.3 Å². The van der Waals surface area contributed by atoms with E-state index in [2.05, 4.69) is 4.98 Å². The fourth-order valence-electron chi connectivity index (χ4n) is 4.08. The van der Waals surface area contributed by atoms with Gasteiger partial charge in [0.25, 0.3) is 11.1 Å². The molecule has 0 aliphatic carbocycles. The first-order valence-corrected chi connectivity index (χ1v) is 11.4. The summed E-state index contributed by atoms with van der Waals surface area (Å²) in [4.78, 5) is 29.7. The number of hydrogen-bond acceptors (Lipinski definition) is 5. The Morgan fingerprint density at radius 1 is 1.26 bits per heavy atom. The molecule has 1 saturated heterocycles. The normalized spacial score (nSPS) is 21.4. The number of thiophene rings is 1. The number of ether oxygens (including phenoxy) is 1. The van der Waals surface area contributed by atoms with E-state index in [0.29, 0.717) is 23.8 Å². The molecule has 3 heterocycles. The highest BCUT2D eigenvalue weighted by atomic mass is 35.5. The van der Waals surface area contributed by atoms with Crippen molar-refractivity contribution in [1.82, 2.24) is 9.88 Å². The maximum absolute atomic E-state index is 13.5. The van der Waals surface area contributed by atoms with Gasteiger partial charge in [0.1, 0.15) is 10.6 Å². The molecular formula is C21H19ClF6N2O3S. The van der Waals surface area contributed by atoms with Crippen LogP contribution >= 0.6 is 22.9 Å². The van der Waals surface area contributed by atoms with Gasteiger partial charge in [0, 0.05) is 30.4 Å². The van der Waals surface area contributed by atoms with Crippen molar-refractivity contribution in [2.24, 2.45) is 0 Å². The lowest BCUT2D eigenvalue weighted by molar-refractivity contribution is -0.139. The summed E-state index contributed by atoms with van der Waals surface area (Å²) in [6, 6.07) is 0.282. The van der Waals surface area contributed by atoms with Gasteiger partial charge in [-0.1, -0.05) is 13.3 Å². The quantitative estimate of drug-likeness (QED) is 0.332. The number of hydrogen-bond donors (Lipinski definition) is 0. The molecule has 2 atom stereocenters. The van der Waals surface area contributed by atoms with Crippen LogP contribution in [-0.4, -0.2) is 39.2 Å². The molecule has 2 unspecified atom stereocenters. The van der Waals surface area contributed by atoms with Crippen LogP contribution in [0.25, 0.3) is 0 Å². The molecule has 2 aromatic heterocycles. The Kier molecular flexibility index (Phi) is 7.51. The molecule has 0 N–H and O–H groups in total. The SMILES string of the molecule is CCCC1N(C(=O)c2cnccc2C(F)(F)F)CCCC1(Oc1csc(C(F)(F)F)c1)C(=O)Cl. The molecule has 0 radical (unpaired) electrons. The average molecular weight is 529 g/mol. The van der Waals surface area contributed by atoms with Crippen LogP contribution in [0.15, 0.2) is 29.9 Å². The van der Waals surface area contributed by atoms with E-state index in [1.54, 1.807) is 6.92 Å². The topological polar surface area (TPSA) is 59.5 Å². The van der Waals surface area contributed by atoms with Crippen molar-refractivity contribution in [3.05, 3.63) is 45.9 Å². The molecule has 186 valence electrons. The highest BCUT2D eigenvalue weighted by Crippen LogP contribution is 2.42. The summed E-state index contributed by atoms with van der Waals surface area (Å²) in [5.41, 5.74) is -3.83. The van der Waals surface area contributed by atoms with E-state index in [1.165, 1.54) is 0 Å². The van der Waals surface area contributed by atoms with Crippen molar-refractivity contribution in [3.63, 3.8) is 0 Å². The zero-order valence-corrected chi connectivity index (χ0v) is 19.2. The van der Waals surface area contributed by atoms with Gasteiger partial charge in [-0.3, -0.25) is 14.6 Å². The minimum atomic E-state index is -4.83. The minimum Gasteiger partial charge on any atom is -0.475 e. The van der Waals surface area contributed by atoms with E-state index in [0.717, 1.165) is 28.7 Å². The fourth-order valence-corrected chi connectivity index (χ4v) is 5.01.